The lowest BCUT2D eigenvalue weighted by molar-refractivity contribution is -0.136. The molecule has 1 fully saturated rings. The first-order chi connectivity index (χ1) is 14.6. The fraction of sp³-hybridized carbons (Fsp3) is 0.286. The molecule has 0 radical (unpaired) electrons. The minimum absolute atomic E-state index is 0.174. The summed E-state index contributed by atoms with van der Waals surface area (Å²) in [5, 5.41) is 5.51. The van der Waals surface area contributed by atoms with Crippen LogP contribution in [0.15, 0.2) is 42.5 Å². The molecule has 154 valence electrons. The molecule has 2 aromatic carbocycles. The molecule has 2 aromatic rings. The molecule has 0 saturated carbocycles. The van der Waals surface area contributed by atoms with Gasteiger partial charge in [-0.25, -0.2) is 4.79 Å². The van der Waals surface area contributed by atoms with Gasteiger partial charge in [0.1, 0.15) is 12.3 Å². The van der Waals surface area contributed by atoms with Crippen LogP contribution in [0.4, 0.5) is 4.79 Å². The van der Waals surface area contributed by atoms with Crippen LogP contribution < -0.4 is 24.8 Å². The average Bonchev–Trinajstić information content (AvgIpc) is 3.31. The zero-order chi connectivity index (χ0) is 20.7. The molecular weight excluding hydrogens is 390 g/mol. The maximum Gasteiger partial charge on any atom is 0.325 e. The van der Waals surface area contributed by atoms with Crippen LogP contribution in [0.3, 0.4) is 0 Å². The summed E-state index contributed by atoms with van der Waals surface area (Å²) < 4.78 is 16.2. The van der Waals surface area contributed by atoms with Gasteiger partial charge in [-0.15, -0.1) is 0 Å². The van der Waals surface area contributed by atoms with Crippen molar-refractivity contribution >= 4 is 17.8 Å². The van der Waals surface area contributed by atoms with Crippen LogP contribution in [0.5, 0.6) is 17.2 Å². The second kappa shape index (κ2) is 6.94. The van der Waals surface area contributed by atoms with Gasteiger partial charge in [0, 0.05) is 18.5 Å². The number of urea groups is 1. The van der Waals surface area contributed by atoms with Crippen molar-refractivity contribution in [1.29, 1.82) is 0 Å². The predicted octanol–water partition coefficient (Wildman–Crippen LogP) is 1.26. The van der Waals surface area contributed by atoms with E-state index >= 15 is 0 Å². The Hall–Kier alpha value is -3.75. The number of amides is 4. The van der Waals surface area contributed by atoms with Gasteiger partial charge in [0.25, 0.3) is 5.91 Å². The Morgan fingerprint density at radius 2 is 1.90 bits per heavy atom. The Balaban J connectivity index is 1.27. The van der Waals surface area contributed by atoms with Crippen LogP contribution in [0.2, 0.25) is 0 Å². The summed E-state index contributed by atoms with van der Waals surface area (Å²) in [5.41, 5.74) is 0.237. The predicted molar refractivity (Wildman–Crippen MR) is 103 cm³/mol. The molecule has 0 aromatic heterocycles. The first-order valence-electron chi connectivity index (χ1n) is 9.58. The highest BCUT2D eigenvalue weighted by Crippen LogP contribution is 2.40. The van der Waals surface area contributed by atoms with Gasteiger partial charge in [0.15, 0.2) is 17.0 Å². The molecule has 1 atom stereocenters. The maximum atomic E-state index is 13.2. The number of nitrogens with zero attached hydrogens (tertiary/aromatic N) is 1. The van der Waals surface area contributed by atoms with E-state index in [2.05, 4.69) is 10.6 Å². The van der Waals surface area contributed by atoms with E-state index < -0.39 is 23.4 Å². The molecule has 9 nitrogen and oxygen atoms in total. The van der Waals surface area contributed by atoms with Crippen LogP contribution in [-0.2, 0) is 21.7 Å². The molecule has 30 heavy (non-hydrogen) atoms. The van der Waals surface area contributed by atoms with Crippen LogP contribution in [0, 0.1) is 0 Å². The van der Waals surface area contributed by atoms with Crippen LogP contribution in [-0.4, -0.2) is 42.7 Å². The number of nitrogens with one attached hydrogen (secondary N) is 2. The van der Waals surface area contributed by atoms with Gasteiger partial charge < -0.3 is 24.8 Å². The number of imide groups is 1. The molecule has 0 unspecified atom stereocenters. The van der Waals surface area contributed by atoms with Gasteiger partial charge in [-0.1, -0.05) is 24.3 Å². The van der Waals surface area contributed by atoms with E-state index in [9.17, 15) is 14.4 Å². The molecule has 1 saturated heterocycles. The first kappa shape index (κ1) is 18.3. The number of benzene rings is 2. The highest BCUT2D eigenvalue weighted by Gasteiger charge is 2.55. The highest BCUT2D eigenvalue weighted by atomic mass is 16.7. The summed E-state index contributed by atoms with van der Waals surface area (Å²) in [4.78, 5) is 39.1. The van der Waals surface area contributed by atoms with Crippen molar-refractivity contribution in [2.75, 3.05) is 19.9 Å². The lowest BCUT2D eigenvalue weighted by Crippen LogP contribution is -2.48. The van der Waals surface area contributed by atoms with E-state index in [0.717, 1.165) is 10.5 Å². The zero-order valence-electron chi connectivity index (χ0n) is 16.0. The Morgan fingerprint density at radius 1 is 1.07 bits per heavy atom. The number of rotatable bonds is 4. The quantitative estimate of drug-likeness (QED) is 0.737. The van der Waals surface area contributed by atoms with Crippen LogP contribution >= 0.6 is 0 Å². The minimum Gasteiger partial charge on any atom is -0.493 e. The SMILES string of the molecule is O=C(CN1C(=O)N[C@@]2(CCOc3ccccc32)C1=O)NCc1ccc2c(c1)OCO2. The zero-order valence-corrected chi connectivity index (χ0v) is 16.0. The summed E-state index contributed by atoms with van der Waals surface area (Å²) in [6, 6.07) is 11.9. The maximum absolute atomic E-state index is 13.2. The summed E-state index contributed by atoms with van der Waals surface area (Å²) in [5.74, 6) is 0.962. The molecule has 1 spiro atoms. The number of fused-ring (bicyclic) bond motifs is 3. The second-order valence-electron chi connectivity index (χ2n) is 7.29. The summed E-state index contributed by atoms with van der Waals surface area (Å²) >= 11 is 0. The number of ether oxygens (including phenoxy) is 3. The van der Waals surface area contributed by atoms with E-state index in [4.69, 9.17) is 14.2 Å². The molecule has 3 heterocycles. The first-order valence-corrected chi connectivity index (χ1v) is 9.58. The summed E-state index contributed by atoms with van der Waals surface area (Å²) in [6.07, 6.45) is 0.309. The number of carbonyl (C=O) groups is 3. The number of para-hydroxylation sites is 1. The molecule has 4 amide bonds. The molecule has 5 rings (SSSR count). The number of carbonyl (C=O) groups excluding carboxylic acids is 3. The van der Waals surface area contributed by atoms with E-state index in [1.807, 2.05) is 6.07 Å². The lowest BCUT2D eigenvalue weighted by Gasteiger charge is -2.33. The van der Waals surface area contributed by atoms with Gasteiger partial charge in [-0.05, 0) is 23.8 Å². The van der Waals surface area contributed by atoms with Crippen molar-refractivity contribution in [3.8, 4) is 17.2 Å². The lowest BCUT2D eigenvalue weighted by atomic mass is 9.84. The smallest absolute Gasteiger partial charge is 0.325 e. The van der Waals surface area contributed by atoms with Gasteiger partial charge in [-0.2, -0.15) is 0 Å². The average molecular weight is 409 g/mol. The van der Waals surface area contributed by atoms with Gasteiger partial charge in [0.2, 0.25) is 12.7 Å². The molecule has 0 aliphatic carbocycles. The fourth-order valence-electron chi connectivity index (χ4n) is 3.97. The van der Waals surface area contributed by atoms with Crippen molar-refractivity contribution in [2.45, 2.75) is 18.5 Å². The normalized spacial score (nSPS) is 21.3. The van der Waals surface area contributed by atoms with Crippen molar-refractivity contribution in [3.63, 3.8) is 0 Å². The number of hydrogen-bond acceptors (Lipinski definition) is 6. The molecule has 0 bridgehead atoms. The molecular formula is C21H19N3O6. The van der Waals surface area contributed by atoms with Gasteiger partial charge in [-0.3, -0.25) is 14.5 Å². The minimum atomic E-state index is -1.19. The second-order valence-corrected chi connectivity index (χ2v) is 7.29. The third-order valence-corrected chi connectivity index (χ3v) is 5.49. The topological polar surface area (TPSA) is 106 Å². The molecule has 3 aliphatic rings. The third-order valence-electron chi connectivity index (χ3n) is 5.49. The Morgan fingerprint density at radius 3 is 2.80 bits per heavy atom. The molecule has 3 aliphatic heterocycles. The van der Waals surface area contributed by atoms with Gasteiger partial charge >= 0.3 is 6.03 Å². The Labute approximate surface area is 171 Å². The number of hydrogen-bond donors (Lipinski definition) is 2. The van der Waals surface area contributed by atoms with Crippen LogP contribution in [0.25, 0.3) is 0 Å². The van der Waals surface area contributed by atoms with E-state index in [-0.39, 0.29) is 19.9 Å². The van der Waals surface area contributed by atoms with Crippen molar-refractivity contribution < 1.29 is 28.6 Å². The molecule has 2 N–H and O–H groups in total. The Bertz CT molecular complexity index is 1050. The van der Waals surface area contributed by atoms with Crippen LogP contribution in [0.1, 0.15) is 17.5 Å². The van der Waals surface area contributed by atoms with E-state index in [0.29, 0.717) is 35.8 Å². The third kappa shape index (κ3) is 2.90. The highest BCUT2D eigenvalue weighted by molar-refractivity contribution is 6.09. The monoisotopic (exact) mass is 409 g/mol. The van der Waals surface area contributed by atoms with Crippen molar-refractivity contribution in [3.05, 3.63) is 53.6 Å². The summed E-state index contributed by atoms with van der Waals surface area (Å²) in [6.45, 7) is 0.349. The van der Waals surface area contributed by atoms with Gasteiger partial charge in [0.05, 0.1) is 6.61 Å². The van der Waals surface area contributed by atoms with Crippen molar-refractivity contribution in [2.24, 2.45) is 0 Å². The standard InChI is InChI=1S/C21H19N3O6/c25-18(22-10-13-5-6-16-17(9-13)30-12-29-16)11-24-19(26)21(23-20(24)27)7-8-28-15-4-2-1-3-14(15)21/h1-6,9H,7-8,10-12H2,(H,22,25)(H,23,27)/t21-/m1/s1. The largest absolute Gasteiger partial charge is 0.493 e. The van der Waals surface area contributed by atoms with E-state index in [1.165, 1.54) is 0 Å². The Kier molecular flexibility index (Phi) is 4.23. The van der Waals surface area contributed by atoms with E-state index in [1.54, 1.807) is 36.4 Å². The molecule has 9 heteroatoms. The summed E-state index contributed by atoms with van der Waals surface area (Å²) in [7, 11) is 0. The fourth-order valence-corrected chi connectivity index (χ4v) is 3.97. The van der Waals surface area contributed by atoms with Crippen molar-refractivity contribution in [1.82, 2.24) is 15.5 Å².